The number of hydrazone groups is 1. The van der Waals surface area contributed by atoms with Gasteiger partial charge < -0.3 is 5.01 Å². The van der Waals surface area contributed by atoms with Crippen LogP contribution in [0.5, 0.6) is 0 Å². The summed E-state index contributed by atoms with van der Waals surface area (Å²) < 4.78 is 0. The molecule has 0 atom stereocenters. The normalized spacial score (nSPS) is 19.7. The van der Waals surface area contributed by atoms with Crippen LogP contribution >= 0.6 is 0 Å². The van der Waals surface area contributed by atoms with E-state index in [1.807, 2.05) is 12.1 Å². The molecule has 0 aliphatic heterocycles. The van der Waals surface area contributed by atoms with Gasteiger partial charge in [0.15, 0.2) is 0 Å². The quantitative estimate of drug-likeness (QED) is 0.449. The van der Waals surface area contributed by atoms with Gasteiger partial charge >= 0.3 is 0 Å². The smallest absolute Gasteiger partial charge is 0.0385 e. The molecular formula is C9H18N2. The predicted molar refractivity (Wildman–Crippen MR) is 48.8 cm³/mol. The third-order valence-corrected chi connectivity index (χ3v) is 2.49. The Bertz CT molecular complexity index is 117. The summed E-state index contributed by atoms with van der Waals surface area (Å²) in [6.45, 7) is 4.60. The van der Waals surface area contributed by atoms with Gasteiger partial charge in [-0.1, -0.05) is 19.3 Å². The first-order valence-electron chi connectivity index (χ1n) is 4.50. The standard InChI is InChI=1S/C9H18N2/c1-10-11(2)8-9-6-4-3-5-7-9/h9H,1,3-8H2,2H3. The molecule has 0 bridgehead atoms. The Morgan fingerprint density at radius 3 is 2.55 bits per heavy atom. The minimum absolute atomic E-state index is 0.874. The first-order chi connectivity index (χ1) is 5.33. The molecule has 0 amide bonds. The van der Waals surface area contributed by atoms with Crippen LogP contribution in [0.1, 0.15) is 32.1 Å². The van der Waals surface area contributed by atoms with Gasteiger partial charge in [0.25, 0.3) is 0 Å². The fourth-order valence-corrected chi connectivity index (χ4v) is 1.80. The Hall–Kier alpha value is -0.530. The molecule has 1 aliphatic rings. The topological polar surface area (TPSA) is 15.6 Å². The highest BCUT2D eigenvalue weighted by molar-refractivity contribution is 5.22. The first-order valence-corrected chi connectivity index (χ1v) is 4.50. The molecule has 0 aromatic rings. The number of nitrogens with zero attached hydrogens (tertiary/aromatic N) is 2. The van der Waals surface area contributed by atoms with Crippen LogP contribution < -0.4 is 0 Å². The zero-order valence-electron chi connectivity index (χ0n) is 7.42. The second kappa shape index (κ2) is 4.37. The lowest BCUT2D eigenvalue weighted by Crippen LogP contribution is -2.22. The SMILES string of the molecule is C=NN(C)CC1CCCCC1. The van der Waals surface area contributed by atoms with E-state index < -0.39 is 0 Å². The van der Waals surface area contributed by atoms with Crippen LogP contribution in [0.25, 0.3) is 0 Å². The van der Waals surface area contributed by atoms with Crippen molar-refractivity contribution in [3.8, 4) is 0 Å². The van der Waals surface area contributed by atoms with E-state index in [0.29, 0.717) is 0 Å². The van der Waals surface area contributed by atoms with Crippen molar-refractivity contribution in [2.75, 3.05) is 13.6 Å². The van der Waals surface area contributed by atoms with Crippen LogP contribution in [0.4, 0.5) is 0 Å². The van der Waals surface area contributed by atoms with Crippen molar-refractivity contribution in [2.45, 2.75) is 32.1 Å². The third kappa shape index (κ3) is 2.91. The Morgan fingerprint density at radius 2 is 2.00 bits per heavy atom. The Labute approximate surface area is 69.3 Å². The van der Waals surface area contributed by atoms with Crippen molar-refractivity contribution in [3.63, 3.8) is 0 Å². The van der Waals surface area contributed by atoms with Crippen LogP contribution in [0, 0.1) is 5.92 Å². The van der Waals surface area contributed by atoms with Crippen molar-refractivity contribution in [1.29, 1.82) is 0 Å². The molecule has 0 N–H and O–H groups in total. The lowest BCUT2D eigenvalue weighted by Gasteiger charge is -2.24. The molecule has 1 rings (SSSR count). The summed E-state index contributed by atoms with van der Waals surface area (Å²) in [6.07, 6.45) is 7.03. The highest BCUT2D eigenvalue weighted by Gasteiger charge is 2.13. The number of hydrogen-bond acceptors (Lipinski definition) is 2. The fourth-order valence-electron chi connectivity index (χ4n) is 1.80. The molecule has 0 heterocycles. The average molecular weight is 154 g/mol. The van der Waals surface area contributed by atoms with Crippen LogP contribution in [0.15, 0.2) is 5.10 Å². The number of hydrogen-bond donors (Lipinski definition) is 0. The molecule has 11 heavy (non-hydrogen) atoms. The number of rotatable bonds is 3. The maximum Gasteiger partial charge on any atom is 0.0385 e. The highest BCUT2D eigenvalue weighted by Crippen LogP contribution is 2.23. The van der Waals surface area contributed by atoms with Gasteiger partial charge in [0, 0.05) is 20.3 Å². The highest BCUT2D eigenvalue weighted by atomic mass is 15.4. The molecule has 0 radical (unpaired) electrons. The Kier molecular flexibility index (Phi) is 3.40. The summed E-state index contributed by atoms with van der Waals surface area (Å²) in [5.74, 6) is 0.874. The first kappa shape index (κ1) is 8.57. The van der Waals surface area contributed by atoms with Crippen molar-refractivity contribution < 1.29 is 0 Å². The van der Waals surface area contributed by atoms with E-state index in [1.54, 1.807) is 0 Å². The summed E-state index contributed by atoms with van der Waals surface area (Å²) >= 11 is 0. The van der Waals surface area contributed by atoms with Gasteiger partial charge in [-0.15, -0.1) is 0 Å². The van der Waals surface area contributed by atoms with Crippen molar-refractivity contribution in [3.05, 3.63) is 0 Å². The molecule has 0 spiro atoms. The van der Waals surface area contributed by atoms with Crippen molar-refractivity contribution >= 4 is 6.72 Å². The van der Waals surface area contributed by atoms with Gasteiger partial charge in [-0.2, -0.15) is 5.10 Å². The van der Waals surface area contributed by atoms with E-state index in [9.17, 15) is 0 Å². The minimum Gasteiger partial charge on any atom is -0.300 e. The zero-order chi connectivity index (χ0) is 8.10. The average Bonchev–Trinajstić information content (AvgIpc) is 2.06. The molecule has 0 unspecified atom stereocenters. The van der Waals surface area contributed by atoms with Crippen LogP contribution in [-0.4, -0.2) is 25.3 Å². The fraction of sp³-hybridized carbons (Fsp3) is 0.889. The molecule has 1 aliphatic carbocycles. The van der Waals surface area contributed by atoms with E-state index in [1.165, 1.54) is 32.1 Å². The summed E-state index contributed by atoms with van der Waals surface area (Å²) in [6, 6.07) is 0. The van der Waals surface area contributed by atoms with Crippen molar-refractivity contribution in [2.24, 2.45) is 11.0 Å². The molecule has 0 aromatic heterocycles. The van der Waals surface area contributed by atoms with Gasteiger partial charge in [-0.05, 0) is 18.8 Å². The summed E-state index contributed by atoms with van der Waals surface area (Å²) in [5.41, 5.74) is 0. The van der Waals surface area contributed by atoms with Crippen LogP contribution in [-0.2, 0) is 0 Å². The monoisotopic (exact) mass is 154 g/mol. The summed E-state index contributed by atoms with van der Waals surface area (Å²) in [4.78, 5) is 0. The zero-order valence-corrected chi connectivity index (χ0v) is 7.42. The largest absolute Gasteiger partial charge is 0.300 e. The Balaban J connectivity index is 2.18. The van der Waals surface area contributed by atoms with Crippen molar-refractivity contribution in [1.82, 2.24) is 5.01 Å². The van der Waals surface area contributed by atoms with E-state index in [2.05, 4.69) is 11.8 Å². The second-order valence-corrected chi connectivity index (χ2v) is 3.49. The van der Waals surface area contributed by atoms with Gasteiger partial charge in [-0.25, -0.2) is 0 Å². The molecule has 2 heteroatoms. The molecule has 1 saturated carbocycles. The van der Waals surface area contributed by atoms with E-state index >= 15 is 0 Å². The van der Waals surface area contributed by atoms with Gasteiger partial charge in [0.05, 0.1) is 0 Å². The summed E-state index contributed by atoms with van der Waals surface area (Å²) in [5, 5.41) is 5.82. The van der Waals surface area contributed by atoms with Gasteiger partial charge in [-0.3, -0.25) is 0 Å². The molecular weight excluding hydrogens is 136 g/mol. The maximum absolute atomic E-state index is 3.87. The van der Waals surface area contributed by atoms with Crippen LogP contribution in [0.3, 0.4) is 0 Å². The van der Waals surface area contributed by atoms with Gasteiger partial charge in [0.1, 0.15) is 0 Å². The lowest BCUT2D eigenvalue weighted by atomic mass is 9.89. The van der Waals surface area contributed by atoms with E-state index in [-0.39, 0.29) is 0 Å². The Morgan fingerprint density at radius 1 is 1.36 bits per heavy atom. The minimum atomic E-state index is 0.874. The van der Waals surface area contributed by atoms with Crippen LogP contribution in [0.2, 0.25) is 0 Å². The van der Waals surface area contributed by atoms with E-state index in [4.69, 9.17) is 0 Å². The van der Waals surface area contributed by atoms with E-state index in [0.717, 1.165) is 12.5 Å². The van der Waals surface area contributed by atoms with Gasteiger partial charge in [0.2, 0.25) is 0 Å². The molecule has 2 nitrogen and oxygen atoms in total. The third-order valence-electron chi connectivity index (χ3n) is 2.49. The molecule has 0 saturated heterocycles. The lowest BCUT2D eigenvalue weighted by molar-refractivity contribution is 0.242. The second-order valence-electron chi connectivity index (χ2n) is 3.49. The molecule has 64 valence electrons. The molecule has 0 aromatic carbocycles. The molecule has 1 fully saturated rings. The summed E-state index contributed by atoms with van der Waals surface area (Å²) in [7, 11) is 2.00. The maximum atomic E-state index is 3.87. The predicted octanol–water partition coefficient (Wildman–Crippen LogP) is 2.11.